The van der Waals surface area contributed by atoms with Gasteiger partial charge in [-0.25, -0.2) is 0 Å². The normalized spacial score (nSPS) is 11.8. The summed E-state index contributed by atoms with van der Waals surface area (Å²) < 4.78 is 5.38. The molecular formula is C104H64S2. The van der Waals surface area contributed by atoms with Crippen molar-refractivity contribution in [2.24, 2.45) is 0 Å². The Morgan fingerprint density at radius 2 is 0.368 bits per heavy atom. The monoisotopic (exact) mass is 1380 g/mol. The van der Waals surface area contributed by atoms with Gasteiger partial charge >= 0.3 is 0 Å². The Morgan fingerprint density at radius 3 is 0.745 bits per heavy atom. The van der Waals surface area contributed by atoms with E-state index in [4.69, 9.17) is 0 Å². The van der Waals surface area contributed by atoms with Crippen molar-refractivity contribution in [3.63, 3.8) is 0 Å². The Hall–Kier alpha value is -13.1. The summed E-state index contributed by atoms with van der Waals surface area (Å²) in [4.78, 5) is 0. The minimum atomic E-state index is 1.22. The fraction of sp³-hybridized carbons (Fsp3) is 0. The molecule has 0 unspecified atom stereocenters. The van der Waals surface area contributed by atoms with Crippen molar-refractivity contribution in [3.8, 4) is 89.0 Å². The van der Waals surface area contributed by atoms with Crippen LogP contribution in [0.25, 0.3) is 216 Å². The lowest BCUT2D eigenvalue weighted by Crippen LogP contribution is -1.91. The fourth-order valence-electron chi connectivity index (χ4n) is 17.0. The molecule has 22 rings (SSSR count). The van der Waals surface area contributed by atoms with Gasteiger partial charge in [0, 0.05) is 40.3 Å². The van der Waals surface area contributed by atoms with Crippen LogP contribution in [0, 0.1) is 0 Å². The molecular weight excluding hydrogens is 1310 g/mol. The Labute approximate surface area is 621 Å². The molecule has 0 saturated heterocycles. The first-order chi connectivity index (χ1) is 52.5. The van der Waals surface area contributed by atoms with E-state index in [1.807, 2.05) is 22.7 Å². The van der Waals surface area contributed by atoms with E-state index in [2.05, 4.69) is 388 Å². The van der Waals surface area contributed by atoms with E-state index in [9.17, 15) is 0 Å². The van der Waals surface area contributed by atoms with Gasteiger partial charge in [-0.2, -0.15) is 0 Å². The zero-order valence-electron chi connectivity index (χ0n) is 57.8. The predicted molar refractivity (Wildman–Crippen MR) is 462 cm³/mol. The molecule has 0 aliphatic carbocycles. The highest BCUT2D eigenvalue weighted by Crippen LogP contribution is 2.49. The molecule has 0 nitrogen and oxygen atoms in total. The molecule has 0 atom stereocenters. The van der Waals surface area contributed by atoms with Crippen LogP contribution in [-0.4, -0.2) is 0 Å². The van der Waals surface area contributed by atoms with E-state index in [1.165, 1.54) is 216 Å². The molecule has 0 N–H and O–H groups in total. The van der Waals surface area contributed by atoms with Crippen LogP contribution in [0.5, 0.6) is 0 Å². The first kappa shape index (κ1) is 61.6. The van der Waals surface area contributed by atoms with Crippen LogP contribution in [-0.2, 0) is 0 Å². The molecule has 492 valence electrons. The summed E-state index contributed by atoms with van der Waals surface area (Å²) in [7, 11) is 0. The zero-order chi connectivity index (χ0) is 69.8. The number of thiophene rings is 2. The lowest BCUT2D eigenvalue weighted by Gasteiger charge is -2.18. The smallest absolute Gasteiger partial charge is 0.0433 e. The van der Waals surface area contributed by atoms with E-state index >= 15 is 0 Å². The molecule has 22 aromatic rings. The van der Waals surface area contributed by atoms with Crippen LogP contribution in [0.4, 0.5) is 0 Å². The first-order valence-corrected chi connectivity index (χ1v) is 38.1. The summed E-state index contributed by atoms with van der Waals surface area (Å²) in [6.07, 6.45) is 0. The topological polar surface area (TPSA) is 0 Å². The highest BCUT2D eigenvalue weighted by molar-refractivity contribution is 7.27. The molecule has 0 aliphatic heterocycles. The molecule has 0 saturated carbocycles. The Kier molecular flexibility index (Phi) is 14.8. The van der Waals surface area contributed by atoms with Gasteiger partial charge in [0.25, 0.3) is 0 Å². The lowest BCUT2D eigenvalue weighted by atomic mass is 9.85. The third-order valence-corrected chi connectivity index (χ3v) is 24.5. The molecule has 0 spiro atoms. The van der Waals surface area contributed by atoms with Crippen molar-refractivity contribution in [2.45, 2.75) is 0 Å². The Morgan fingerprint density at radius 1 is 0.123 bits per heavy atom. The second-order valence-electron chi connectivity index (χ2n) is 28.1. The van der Waals surface area contributed by atoms with Crippen molar-refractivity contribution in [1.29, 1.82) is 0 Å². The first-order valence-electron chi connectivity index (χ1n) is 36.5. The SMILES string of the molecule is c1cc(-c2ccc3c(c2)sc2c4ccccc4ccc32)cc(-c2c3ccccc3c(-c3ccc(-c4ccc5ccccc5c4)cc3)c3ccccc23)c1.c1cc(-c2ccc3ccccc3c2)cc(-c2c3ccccc3c(-c3cccc(-c4ccc5c(c4)sc4c6ccccc6ccc54)c3)c3ccccc23)c1. The number of benzene rings is 20. The zero-order valence-corrected chi connectivity index (χ0v) is 59.4. The van der Waals surface area contributed by atoms with Crippen LogP contribution in [0.3, 0.4) is 0 Å². The molecule has 106 heavy (non-hydrogen) atoms. The summed E-state index contributed by atoms with van der Waals surface area (Å²) in [6.45, 7) is 0. The average Bonchev–Trinajstić information content (AvgIpc) is 0.835. The van der Waals surface area contributed by atoms with E-state index in [1.54, 1.807) is 0 Å². The van der Waals surface area contributed by atoms with Gasteiger partial charge in [0.1, 0.15) is 0 Å². The molecule has 0 fully saturated rings. The van der Waals surface area contributed by atoms with Crippen LogP contribution in [0.2, 0.25) is 0 Å². The largest absolute Gasteiger partial charge is 0.135 e. The van der Waals surface area contributed by atoms with Gasteiger partial charge in [0.05, 0.1) is 0 Å². The van der Waals surface area contributed by atoms with E-state index in [0.29, 0.717) is 0 Å². The number of rotatable bonds is 8. The molecule has 2 heterocycles. The lowest BCUT2D eigenvalue weighted by molar-refractivity contribution is 1.62. The molecule has 0 radical (unpaired) electrons. The Balaban J connectivity index is 0.000000136. The van der Waals surface area contributed by atoms with Crippen LogP contribution in [0.15, 0.2) is 388 Å². The summed E-state index contributed by atoms with van der Waals surface area (Å²) >= 11 is 3.81. The highest BCUT2D eigenvalue weighted by atomic mass is 32.1. The molecule has 20 aromatic carbocycles. The van der Waals surface area contributed by atoms with Crippen molar-refractivity contribution >= 4 is 149 Å². The minimum Gasteiger partial charge on any atom is -0.135 e. The molecule has 0 aliphatic rings. The molecule has 2 heteroatoms. The maximum Gasteiger partial charge on any atom is 0.0433 e. The highest BCUT2D eigenvalue weighted by Gasteiger charge is 2.21. The van der Waals surface area contributed by atoms with Crippen molar-refractivity contribution in [3.05, 3.63) is 388 Å². The maximum atomic E-state index is 2.39. The summed E-state index contributed by atoms with van der Waals surface area (Å²) in [5.41, 5.74) is 19.9. The second kappa shape index (κ2) is 25.4. The van der Waals surface area contributed by atoms with E-state index in [-0.39, 0.29) is 0 Å². The number of fused-ring (bicyclic) bond motifs is 16. The quantitative estimate of drug-likeness (QED) is 0.133. The second-order valence-corrected chi connectivity index (χ2v) is 30.2. The standard InChI is InChI=1S/2C52H32S/c1-2-13-35-29-38(24-23-33(35)11-1)36-14-9-16-40(30-36)50-44-19-5-7-21-46(44)51(47-22-8-6-20-45(47)50)41-17-10-15-37(31-41)39-26-27-43-48-28-25-34-12-3-4-18-42(34)52(48)53-49(43)32-39;1-2-12-37-30-39(25-22-33(37)10-1)34-20-23-36(24-21-34)50-44-16-5-7-18-46(44)51(47-19-8-6-17-45(47)50)41-14-9-13-38(31-41)40-27-28-43-48-29-26-35-11-3-4-15-42(35)52(48)53-49(43)32-40/h2*1-32H. The van der Waals surface area contributed by atoms with Crippen molar-refractivity contribution < 1.29 is 0 Å². The minimum absolute atomic E-state index is 1.22. The molecule has 0 bridgehead atoms. The third kappa shape index (κ3) is 10.5. The molecule has 0 amide bonds. The summed E-state index contributed by atoms with van der Waals surface area (Å²) in [5.74, 6) is 0. The van der Waals surface area contributed by atoms with Crippen LogP contribution < -0.4 is 0 Å². The molecule has 2 aromatic heterocycles. The van der Waals surface area contributed by atoms with Crippen molar-refractivity contribution in [2.75, 3.05) is 0 Å². The predicted octanol–water partition coefficient (Wildman–Crippen LogP) is 30.7. The van der Waals surface area contributed by atoms with Gasteiger partial charge in [-0.05, 0) is 218 Å². The van der Waals surface area contributed by atoms with Gasteiger partial charge in [-0.3, -0.25) is 0 Å². The van der Waals surface area contributed by atoms with Crippen LogP contribution >= 0.6 is 22.7 Å². The van der Waals surface area contributed by atoms with E-state index < -0.39 is 0 Å². The summed E-state index contributed by atoms with van der Waals surface area (Å²) in [5, 5.41) is 25.8. The van der Waals surface area contributed by atoms with Gasteiger partial charge < -0.3 is 0 Å². The third-order valence-electron chi connectivity index (χ3n) is 22.0. The van der Waals surface area contributed by atoms with Crippen molar-refractivity contribution in [1.82, 2.24) is 0 Å². The Bertz CT molecular complexity index is 7210. The average molecular weight is 1380 g/mol. The van der Waals surface area contributed by atoms with E-state index in [0.717, 1.165) is 0 Å². The van der Waals surface area contributed by atoms with Gasteiger partial charge in [0.15, 0.2) is 0 Å². The fourth-order valence-corrected chi connectivity index (χ4v) is 19.6. The van der Waals surface area contributed by atoms with Crippen LogP contribution in [0.1, 0.15) is 0 Å². The maximum absolute atomic E-state index is 2.39. The van der Waals surface area contributed by atoms with Gasteiger partial charge in [-0.15, -0.1) is 22.7 Å². The van der Waals surface area contributed by atoms with Gasteiger partial charge in [0.2, 0.25) is 0 Å². The number of hydrogen-bond donors (Lipinski definition) is 0. The van der Waals surface area contributed by atoms with Gasteiger partial charge in [-0.1, -0.05) is 346 Å². The number of hydrogen-bond acceptors (Lipinski definition) is 2. The summed E-state index contributed by atoms with van der Waals surface area (Å²) in [6, 6.07) is 143.